The summed E-state index contributed by atoms with van der Waals surface area (Å²) in [5.41, 5.74) is 3.22. The maximum atomic E-state index is 12.6. The number of sulfonamides is 1. The quantitative estimate of drug-likeness (QED) is 0.254. The first-order valence-corrected chi connectivity index (χ1v) is 12.9. The number of benzene rings is 3. The number of aryl methyl sites for hydroxylation is 2. The van der Waals surface area contributed by atoms with E-state index >= 15 is 0 Å². The molecular formula is C25H27NO5S2. The van der Waals surface area contributed by atoms with Crippen LogP contribution >= 0.6 is 11.8 Å². The van der Waals surface area contributed by atoms with Crippen molar-refractivity contribution in [2.24, 2.45) is 0 Å². The van der Waals surface area contributed by atoms with Crippen molar-refractivity contribution in [1.82, 2.24) is 4.72 Å². The molecule has 33 heavy (non-hydrogen) atoms. The molecule has 3 aromatic carbocycles. The number of rotatable bonds is 10. The van der Waals surface area contributed by atoms with Gasteiger partial charge in [-0.1, -0.05) is 35.9 Å². The Kier molecular flexibility index (Phi) is 8.55. The van der Waals surface area contributed by atoms with E-state index in [1.54, 1.807) is 13.0 Å². The number of carbonyl (C=O) groups excluding carboxylic acids is 1. The molecule has 0 bridgehead atoms. The third-order valence-corrected chi connectivity index (χ3v) is 7.41. The van der Waals surface area contributed by atoms with Crippen molar-refractivity contribution in [3.63, 3.8) is 0 Å². The van der Waals surface area contributed by atoms with Gasteiger partial charge >= 0.3 is 5.97 Å². The van der Waals surface area contributed by atoms with Crippen molar-refractivity contribution in [2.75, 3.05) is 19.4 Å². The highest BCUT2D eigenvalue weighted by atomic mass is 32.2. The molecule has 0 atom stereocenters. The van der Waals surface area contributed by atoms with Crippen molar-refractivity contribution in [3.8, 4) is 5.75 Å². The number of hydrogen-bond donors (Lipinski definition) is 1. The van der Waals surface area contributed by atoms with Crippen LogP contribution in [-0.2, 0) is 21.4 Å². The van der Waals surface area contributed by atoms with Crippen LogP contribution in [0.5, 0.6) is 5.75 Å². The zero-order chi connectivity index (χ0) is 23.8. The Labute approximate surface area is 199 Å². The smallest absolute Gasteiger partial charge is 0.338 e. The maximum absolute atomic E-state index is 12.6. The van der Waals surface area contributed by atoms with E-state index in [0.717, 1.165) is 16.2 Å². The van der Waals surface area contributed by atoms with Crippen LogP contribution in [0.1, 0.15) is 27.0 Å². The Morgan fingerprint density at radius 1 is 0.970 bits per heavy atom. The van der Waals surface area contributed by atoms with Crippen molar-refractivity contribution in [2.45, 2.75) is 30.2 Å². The normalized spacial score (nSPS) is 11.2. The Balaban J connectivity index is 1.48. The van der Waals surface area contributed by atoms with Crippen molar-refractivity contribution in [3.05, 3.63) is 89.0 Å². The van der Waals surface area contributed by atoms with E-state index in [2.05, 4.69) is 23.8 Å². The van der Waals surface area contributed by atoms with Crippen LogP contribution in [0.15, 0.2) is 76.5 Å². The number of hydrogen-bond acceptors (Lipinski definition) is 6. The van der Waals surface area contributed by atoms with Crippen LogP contribution in [-0.4, -0.2) is 33.8 Å². The molecule has 1 N–H and O–H groups in total. The molecule has 0 fully saturated rings. The number of methoxy groups -OCH3 is 1. The topological polar surface area (TPSA) is 81.7 Å². The molecule has 0 amide bonds. The van der Waals surface area contributed by atoms with Gasteiger partial charge in [0.15, 0.2) is 0 Å². The highest BCUT2D eigenvalue weighted by molar-refractivity contribution is 7.99. The van der Waals surface area contributed by atoms with Gasteiger partial charge in [0.05, 0.1) is 17.6 Å². The zero-order valence-electron chi connectivity index (χ0n) is 18.8. The van der Waals surface area contributed by atoms with Crippen LogP contribution in [0.2, 0.25) is 0 Å². The Hall–Kier alpha value is -2.81. The first-order valence-electron chi connectivity index (χ1n) is 10.4. The van der Waals surface area contributed by atoms with Crippen molar-refractivity contribution >= 4 is 27.8 Å². The van der Waals surface area contributed by atoms with Crippen LogP contribution in [0.3, 0.4) is 0 Å². The van der Waals surface area contributed by atoms with Gasteiger partial charge in [0.2, 0.25) is 10.0 Å². The summed E-state index contributed by atoms with van der Waals surface area (Å²) in [6, 6.07) is 20.3. The minimum absolute atomic E-state index is 0.0357. The molecule has 0 saturated heterocycles. The third kappa shape index (κ3) is 7.08. The molecule has 0 saturated carbocycles. The first-order chi connectivity index (χ1) is 15.8. The minimum atomic E-state index is -3.73. The summed E-state index contributed by atoms with van der Waals surface area (Å²) in [5.74, 6) is 0.770. The Morgan fingerprint density at radius 2 is 1.67 bits per heavy atom. The standard InChI is InChI=1S/C25H27NO5S2/c1-18-4-7-20(8-5-18)17-31-21-9-11-22(12-10-21)32-15-14-26-33(28,29)23-13-6-19(2)24(16-23)25(27)30-3/h4-13,16,26H,14-15,17H2,1-3H3. The fourth-order valence-electron chi connectivity index (χ4n) is 3.01. The number of esters is 1. The van der Waals surface area contributed by atoms with Gasteiger partial charge in [-0.2, -0.15) is 0 Å². The molecule has 0 radical (unpaired) electrons. The molecule has 3 rings (SSSR count). The van der Waals surface area contributed by atoms with Crippen LogP contribution in [0.4, 0.5) is 0 Å². The van der Waals surface area contributed by atoms with E-state index in [1.807, 2.05) is 36.4 Å². The molecule has 0 spiro atoms. The number of thioether (sulfide) groups is 1. The lowest BCUT2D eigenvalue weighted by molar-refractivity contribution is 0.0599. The van der Waals surface area contributed by atoms with Crippen LogP contribution in [0, 0.1) is 13.8 Å². The van der Waals surface area contributed by atoms with E-state index in [-0.39, 0.29) is 17.0 Å². The lowest BCUT2D eigenvalue weighted by Gasteiger charge is -2.10. The maximum Gasteiger partial charge on any atom is 0.338 e. The second-order valence-corrected chi connectivity index (χ2v) is 10.4. The Morgan fingerprint density at radius 3 is 2.33 bits per heavy atom. The molecule has 0 heterocycles. The van der Waals surface area contributed by atoms with Crippen molar-refractivity contribution < 1.29 is 22.7 Å². The largest absolute Gasteiger partial charge is 0.489 e. The molecule has 6 nitrogen and oxygen atoms in total. The average molecular weight is 486 g/mol. The molecule has 174 valence electrons. The fourth-order valence-corrected chi connectivity index (χ4v) is 4.96. The molecule has 0 aliphatic carbocycles. The summed E-state index contributed by atoms with van der Waals surface area (Å²) >= 11 is 1.54. The number of carbonyl (C=O) groups is 1. The predicted octanol–water partition coefficient (Wildman–Crippen LogP) is 4.74. The van der Waals surface area contributed by atoms with E-state index in [1.165, 1.54) is 36.6 Å². The van der Waals surface area contributed by atoms with Crippen LogP contribution < -0.4 is 9.46 Å². The van der Waals surface area contributed by atoms with E-state index in [0.29, 0.717) is 17.9 Å². The third-order valence-electron chi connectivity index (χ3n) is 4.94. The van der Waals surface area contributed by atoms with E-state index < -0.39 is 16.0 Å². The van der Waals surface area contributed by atoms with Gasteiger partial charge in [0, 0.05) is 17.2 Å². The zero-order valence-corrected chi connectivity index (χ0v) is 20.5. The molecule has 0 aliphatic heterocycles. The van der Waals surface area contributed by atoms with Gasteiger partial charge in [0.1, 0.15) is 12.4 Å². The average Bonchev–Trinajstić information content (AvgIpc) is 2.82. The second-order valence-electron chi connectivity index (χ2n) is 7.46. The summed E-state index contributed by atoms with van der Waals surface area (Å²) in [6.45, 7) is 4.53. The molecule has 0 unspecified atom stereocenters. The molecule has 8 heteroatoms. The summed E-state index contributed by atoms with van der Waals surface area (Å²) in [5, 5.41) is 0. The van der Waals surface area contributed by atoms with Gasteiger partial charge in [-0.25, -0.2) is 17.9 Å². The van der Waals surface area contributed by atoms with Crippen LogP contribution in [0.25, 0.3) is 0 Å². The summed E-state index contributed by atoms with van der Waals surface area (Å²) < 4.78 is 38.3. The predicted molar refractivity (Wildman–Crippen MR) is 130 cm³/mol. The minimum Gasteiger partial charge on any atom is -0.489 e. The molecule has 0 aromatic heterocycles. The summed E-state index contributed by atoms with van der Waals surface area (Å²) in [7, 11) is -2.46. The lowest BCUT2D eigenvalue weighted by Crippen LogP contribution is -2.26. The van der Waals surface area contributed by atoms with Gasteiger partial charge in [-0.15, -0.1) is 11.8 Å². The fraction of sp³-hybridized carbons (Fsp3) is 0.240. The van der Waals surface area contributed by atoms with E-state index in [4.69, 9.17) is 9.47 Å². The van der Waals surface area contributed by atoms with Gasteiger partial charge in [-0.3, -0.25) is 0 Å². The molecular weight excluding hydrogens is 458 g/mol. The molecule has 0 aliphatic rings. The van der Waals surface area contributed by atoms with E-state index in [9.17, 15) is 13.2 Å². The monoisotopic (exact) mass is 485 g/mol. The van der Waals surface area contributed by atoms with Gasteiger partial charge in [0.25, 0.3) is 0 Å². The second kappa shape index (κ2) is 11.4. The highest BCUT2D eigenvalue weighted by Crippen LogP contribution is 2.22. The van der Waals surface area contributed by atoms with Gasteiger partial charge < -0.3 is 9.47 Å². The SMILES string of the molecule is COC(=O)c1cc(S(=O)(=O)NCCSc2ccc(OCc3ccc(C)cc3)cc2)ccc1C. The number of ether oxygens (including phenoxy) is 2. The Bertz CT molecular complexity index is 1190. The summed E-state index contributed by atoms with van der Waals surface area (Å²) in [4.78, 5) is 12.9. The lowest BCUT2D eigenvalue weighted by atomic mass is 10.1. The highest BCUT2D eigenvalue weighted by Gasteiger charge is 2.18. The number of nitrogens with one attached hydrogen (secondary N) is 1. The van der Waals surface area contributed by atoms with Gasteiger partial charge in [-0.05, 0) is 61.4 Å². The van der Waals surface area contributed by atoms with Crippen molar-refractivity contribution in [1.29, 1.82) is 0 Å². The summed E-state index contributed by atoms with van der Waals surface area (Å²) in [6.07, 6.45) is 0. The molecule has 3 aromatic rings. The first kappa shape index (κ1) is 24.8.